The SMILES string of the molecule is CCn1c(CCN)cc(=O)n2nc(C(C)C)cc12. The number of aryl methyl sites for hydroxylation is 1. The van der Waals surface area contributed by atoms with E-state index in [-0.39, 0.29) is 5.56 Å². The predicted molar refractivity (Wildman–Crippen MR) is 72.0 cm³/mol. The van der Waals surface area contributed by atoms with E-state index in [1.165, 1.54) is 4.52 Å². The lowest BCUT2D eigenvalue weighted by Crippen LogP contribution is -2.22. The predicted octanol–water partition coefficient (Wildman–Crippen LogP) is 1.14. The molecule has 0 aliphatic rings. The fraction of sp³-hybridized carbons (Fsp3) is 0.538. The van der Waals surface area contributed by atoms with Crippen molar-refractivity contribution in [1.29, 1.82) is 0 Å². The second kappa shape index (κ2) is 4.94. The average Bonchev–Trinajstić information content (AvgIpc) is 2.75. The molecular formula is C13H20N4O. The second-order valence-corrected chi connectivity index (χ2v) is 4.75. The van der Waals surface area contributed by atoms with Gasteiger partial charge in [-0.1, -0.05) is 13.8 Å². The normalized spacial score (nSPS) is 11.6. The van der Waals surface area contributed by atoms with Gasteiger partial charge in [0.05, 0.1) is 5.69 Å². The van der Waals surface area contributed by atoms with Gasteiger partial charge in [-0.05, 0) is 19.4 Å². The van der Waals surface area contributed by atoms with Gasteiger partial charge in [-0.25, -0.2) is 0 Å². The van der Waals surface area contributed by atoms with Gasteiger partial charge in [-0.3, -0.25) is 4.79 Å². The van der Waals surface area contributed by atoms with Crippen LogP contribution in [0, 0.1) is 0 Å². The van der Waals surface area contributed by atoms with Crippen LogP contribution in [0.5, 0.6) is 0 Å². The van der Waals surface area contributed by atoms with Crippen molar-refractivity contribution < 1.29 is 0 Å². The van der Waals surface area contributed by atoms with E-state index in [1.54, 1.807) is 6.07 Å². The van der Waals surface area contributed by atoms with Crippen LogP contribution in [0.1, 0.15) is 38.1 Å². The summed E-state index contributed by atoms with van der Waals surface area (Å²) in [6.07, 6.45) is 0.710. The molecule has 2 aromatic heterocycles. The van der Waals surface area contributed by atoms with E-state index >= 15 is 0 Å². The van der Waals surface area contributed by atoms with Gasteiger partial charge in [-0.15, -0.1) is 0 Å². The molecular weight excluding hydrogens is 228 g/mol. The van der Waals surface area contributed by atoms with E-state index in [9.17, 15) is 4.79 Å². The summed E-state index contributed by atoms with van der Waals surface area (Å²) >= 11 is 0. The Balaban J connectivity index is 2.74. The minimum Gasteiger partial charge on any atom is -0.330 e. The van der Waals surface area contributed by atoms with Crippen LogP contribution in [0.15, 0.2) is 16.9 Å². The molecule has 2 N–H and O–H groups in total. The van der Waals surface area contributed by atoms with Gasteiger partial charge in [-0.2, -0.15) is 9.61 Å². The lowest BCUT2D eigenvalue weighted by Gasteiger charge is -2.12. The molecule has 2 rings (SSSR count). The smallest absolute Gasteiger partial charge is 0.274 e. The number of nitrogens with two attached hydrogens (primary N) is 1. The van der Waals surface area contributed by atoms with E-state index in [0.29, 0.717) is 18.9 Å². The van der Waals surface area contributed by atoms with Crippen molar-refractivity contribution >= 4 is 5.65 Å². The van der Waals surface area contributed by atoms with E-state index < -0.39 is 0 Å². The lowest BCUT2D eigenvalue weighted by molar-refractivity contribution is 0.681. The molecule has 0 aromatic carbocycles. The van der Waals surface area contributed by atoms with Gasteiger partial charge in [0.2, 0.25) is 0 Å². The number of hydrogen-bond donors (Lipinski definition) is 1. The molecule has 0 amide bonds. The summed E-state index contributed by atoms with van der Waals surface area (Å²) in [6, 6.07) is 3.63. The number of hydrogen-bond acceptors (Lipinski definition) is 3. The van der Waals surface area contributed by atoms with E-state index in [0.717, 1.165) is 23.6 Å². The van der Waals surface area contributed by atoms with Crippen LogP contribution >= 0.6 is 0 Å². The number of rotatable bonds is 4. The van der Waals surface area contributed by atoms with Crippen LogP contribution in [0.25, 0.3) is 5.65 Å². The van der Waals surface area contributed by atoms with Crippen LogP contribution in [0.4, 0.5) is 0 Å². The third-order valence-corrected chi connectivity index (χ3v) is 3.14. The zero-order valence-electron chi connectivity index (χ0n) is 11.2. The van der Waals surface area contributed by atoms with Crippen molar-refractivity contribution in [3.8, 4) is 0 Å². The molecule has 0 saturated heterocycles. The van der Waals surface area contributed by atoms with Crippen LogP contribution in [0.2, 0.25) is 0 Å². The Kier molecular flexibility index (Phi) is 3.52. The third kappa shape index (κ3) is 2.06. The Hall–Kier alpha value is -1.62. The Morgan fingerprint density at radius 1 is 1.39 bits per heavy atom. The highest BCUT2D eigenvalue weighted by atomic mass is 16.1. The summed E-state index contributed by atoms with van der Waals surface area (Å²) in [5.74, 6) is 0.313. The molecule has 5 nitrogen and oxygen atoms in total. The molecule has 5 heteroatoms. The van der Waals surface area contributed by atoms with Crippen molar-refractivity contribution in [2.24, 2.45) is 5.73 Å². The lowest BCUT2D eigenvalue weighted by atomic mass is 10.1. The van der Waals surface area contributed by atoms with Crippen LogP contribution in [-0.2, 0) is 13.0 Å². The van der Waals surface area contributed by atoms with Gasteiger partial charge in [0, 0.05) is 30.8 Å². The molecule has 0 bridgehead atoms. The van der Waals surface area contributed by atoms with Gasteiger partial charge in [0.25, 0.3) is 5.56 Å². The summed E-state index contributed by atoms with van der Waals surface area (Å²) in [7, 11) is 0. The van der Waals surface area contributed by atoms with Crippen molar-refractivity contribution in [1.82, 2.24) is 14.2 Å². The zero-order chi connectivity index (χ0) is 13.3. The highest BCUT2D eigenvalue weighted by Gasteiger charge is 2.12. The third-order valence-electron chi connectivity index (χ3n) is 3.14. The first kappa shape index (κ1) is 12.8. The Morgan fingerprint density at radius 2 is 2.11 bits per heavy atom. The van der Waals surface area contributed by atoms with Crippen LogP contribution in [-0.4, -0.2) is 20.7 Å². The maximum Gasteiger partial charge on any atom is 0.274 e. The molecule has 0 aliphatic carbocycles. The van der Waals surface area contributed by atoms with Gasteiger partial charge >= 0.3 is 0 Å². The maximum absolute atomic E-state index is 12.0. The van der Waals surface area contributed by atoms with E-state index in [2.05, 4.69) is 30.4 Å². The summed E-state index contributed by atoms with van der Waals surface area (Å²) in [6.45, 7) is 7.56. The van der Waals surface area contributed by atoms with Crippen LogP contribution < -0.4 is 11.3 Å². The van der Waals surface area contributed by atoms with E-state index in [1.807, 2.05) is 6.07 Å². The molecule has 0 saturated carbocycles. The summed E-state index contributed by atoms with van der Waals surface area (Å²) in [4.78, 5) is 12.0. The van der Waals surface area contributed by atoms with Crippen molar-refractivity contribution in [2.75, 3.05) is 6.54 Å². The molecule has 0 radical (unpaired) electrons. The molecule has 0 spiro atoms. The summed E-state index contributed by atoms with van der Waals surface area (Å²) in [5, 5.41) is 4.37. The Morgan fingerprint density at radius 3 is 2.67 bits per heavy atom. The highest BCUT2D eigenvalue weighted by molar-refractivity contribution is 5.42. The second-order valence-electron chi connectivity index (χ2n) is 4.75. The molecule has 0 unspecified atom stereocenters. The highest BCUT2D eigenvalue weighted by Crippen LogP contribution is 2.15. The first-order valence-corrected chi connectivity index (χ1v) is 6.41. The maximum atomic E-state index is 12.0. The van der Waals surface area contributed by atoms with Crippen molar-refractivity contribution in [3.63, 3.8) is 0 Å². The molecule has 18 heavy (non-hydrogen) atoms. The number of nitrogens with zero attached hydrogens (tertiary/aromatic N) is 3. The minimum atomic E-state index is -0.0787. The standard InChI is InChI=1S/C13H20N4O/c1-4-16-10(5-6-14)7-13(18)17-12(16)8-11(15-17)9(2)3/h7-9H,4-6,14H2,1-3H3. The van der Waals surface area contributed by atoms with Crippen LogP contribution in [0.3, 0.4) is 0 Å². The van der Waals surface area contributed by atoms with E-state index in [4.69, 9.17) is 5.73 Å². The Labute approximate surface area is 106 Å². The Bertz CT molecular complexity index is 609. The summed E-state index contributed by atoms with van der Waals surface area (Å²) in [5.41, 5.74) is 8.30. The number of aromatic nitrogens is 3. The average molecular weight is 248 g/mol. The first-order chi connectivity index (χ1) is 8.58. The topological polar surface area (TPSA) is 65.3 Å². The van der Waals surface area contributed by atoms with Crippen molar-refractivity contribution in [3.05, 3.63) is 33.9 Å². The fourth-order valence-electron chi connectivity index (χ4n) is 2.17. The molecule has 0 atom stereocenters. The van der Waals surface area contributed by atoms with Gasteiger partial charge < -0.3 is 10.3 Å². The first-order valence-electron chi connectivity index (χ1n) is 6.41. The summed E-state index contributed by atoms with van der Waals surface area (Å²) < 4.78 is 3.59. The quantitative estimate of drug-likeness (QED) is 0.882. The largest absolute Gasteiger partial charge is 0.330 e. The minimum absolute atomic E-state index is 0.0787. The molecule has 2 heterocycles. The molecule has 0 fully saturated rings. The molecule has 98 valence electrons. The van der Waals surface area contributed by atoms with Gasteiger partial charge in [0.15, 0.2) is 0 Å². The van der Waals surface area contributed by atoms with Crippen molar-refractivity contribution in [2.45, 2.75) is 39.7 Å². The molecule has 2 aromatic rings. The van der Waals surface area contributed by atoms with Gasteiger partial charge in [0.1, 0.15) is 5.65 Å². The monoisotopic (exact) mass is 248 g/mol. The molecule has 0 aliphatic heterocycles. The zero-order valence-corrected chi connectivity index (χ0v) is 11.2. The fourth-order valence-corrected chi connectivity index (χ4v) is 2.17. The number of fused-ring (bicyclic) bond motifs is 1.